The van der Waals surface area contributed by atoms with Crippen molar-refractivity contribution >= 4 is 40.7 Å². The number of benzene rings is 1. The van der Waals surface area contributed by atoms with Gasteiger partial charge in [0.05, 0.1) is 0 Å². The molecule has 6 heteroatoms. The maximum Gasteiger partial charge on any atom is 0.138 e. The minimum Gasteiger partial charge on any atom is -0.399 e. The summed E-state index contributed by atoms with van der Waals surface area (Å²) in [5.74, 6) is 0.183. The van der Waals surface area contributed by atoms with Crippen LogP contribution in [0.4, 0.5) is 10.1 Å². The van der Waals surface area contributed by atoms with Crippen LogP contribution in [0.3, 0.4) is 0 Å². The average molecular weight is 303 g/mol. The monoisotopic (exact) mass is 302 g/mol. The van der Waals surface area contributed by atoms with Gasteiger partial charge in [-0.2, -0.15) is 0 Å². The van der Waals surface area contributed by atoms with Gasteiger partial charge >= 0.3 is 0 Å². The number of hydrogen-bond donors (Lipinski definition) is 1. The van der Waals surface area contributed by atoms with Crippen LogP contribution in [0.25, 0.3) is 0 Å². The van der Waals surface area contributed by atoms with E-state index in [4.69, 9.17) is 28.9 Å². The second kappa shape index (κ2) is 5.78. The lowest BCUT2D eigenvalue weighted by Gasteiger charge is -2.05. The molecule has 0 aliphatic heterocycles. The molecule has 1 aromatic heterocycles. The number of anilines is 1. The SMILES string of the molecule is Nc1ccc(SCc2ccc(Cl)nc2Cl)c(F)c1. The summed E-state index contributed by atoms with van der Waals surface area (Å²) in [6.07, 6.45) is 0. The minimum atomic E-state index is -0.335. The van der Waals surface area contributed by atoms with Crippen molar-refractivity contribution in [3.05, 3.63) is 52.0 Å². The maximum absolute atomic E-state index is 13.5. The van der Waals surface area contributed by atoms with Gasteiger partial charge in [0.25, 0.3) is 0 Å². The van der Waals surface area contributed by atoms with Gasteiger partial charge in [0.1, 0.15) is 16.1 Å². The lowest BCUT2D eigenvalue weighted by atomic mass is 10.3. The van der Waals surface area contributed by atoms with E-state index in [-0.39, 0.29) is 5.82 Å². The predicted molar refractivity (Wildman–Crippen MR) is 74.6 cm³/mol. The summed E-state index contributed by atoms with van der Waals surface area (Å²) in [5, 5.41) is 0.679. The van der Waals surface area contributed by atoms with Gasteiger partial charge in [-0.25, -0.2) is 9.37 Å². The fourth-order valence-corrected chi connectivity index (χ4v) is 2.73. The molecule has 2 rings (SSSR count). The normalized spacial score (nSPS) is 10.6. The van der Waals surface area contributed by atoms with E-state index in [1.54, 1.807) is 24.3 Å². The molecule has 0 aliphatic carbocycles. The van der Waals surface area contributed by atoms with E-state index in [9.17, 15) is 4.39 Å². The third-order valence-corrected chi connectivity index (χ3v) is 3.87. The molecule has 2 N–H and O–H groups in total. The number of pyridine rings is 1. The Bertz CT molecular complexity index is 526. The fraction of sp³-hybridized carbons (Fsp3) is 0.0833. The lowest BCUT2D eigenvalue weighted by Crippen LogP contribution is -1.90. The van der Waals surface area contributed by atoms with Gasteiger partial charge in [-0.05, 0) is 29.8 Å². The highest BCUT2D eigenvalue weighted by Gasteiger charge is 2.07. The number of rotatable bonds is 3. The molecule has 0 saturated heterocycles. The van der Waals surface area contributed by atoms with Gasteiger partial charge in [-0.1, -0.05) is 29.3 Å². The van der Waals surface area contributed by atoms with E-state index in [0.29, 0.717) is 26.6 Å². The van der Waals surface area contributed by atoms with Gasteiger partial charge < -0.3 is 5.73 Å². The summed E-state index contributed by atoms with van der Waals surface area (Å²) >= 11 is 13.0. The number of nitrogens with two attached hydrogens (primary N) is 1. The summed E-state index contributed by atoms with van der Waals surface area (Å²) in [4.78, 5) is 4.45. The molecular formula is C12H9Cl2FN2S. The van der Waals surface area contributed by atoms with Crippen LogP contribution in [0.5, 0.6) is 0 Å². The Morgan fingerprint density at radius 1 is 1.22 bits per heavy atom. The van der Waals surface area contributed by atoms with Crippen LogP contribution in [-0.4, -0.2) is 4.98 Å². The number of aromatic nitrogens is 1. The molecule has 1 heterocycles. The van der Waals surface area contributed by atoms with Gasteiger partial charge in [-0.3, -0.25) is 0 Å². The second-order valence-corrected chi connectivity index (χ2v) is 5.32. The Balaban J connectivity index is 2.11. The average Bonchev–Trinajstić information content (AvgIpc) is 2.30. The predicted octanol–water partition coefficient (Wildman–Crippen LogP) is 4.40. The molecule has 0 aliphatic rings. The third-order valence-electron chi connectivity index (χ3n) is 2.23. The van der Waals surface area contributed by atoms with Crippen LogP contribution >= 0.6 is 35.0 Å². The smallest absolute Gasteiger partial charge is 0.138 e. The zero-order chi connectivity index (χ0) is 13.1. The van der Waals surface area contributed by atoms with Crippen molar-refractivity contribution < 1.29 is 4.39 Å². The molecule has 2 aromatic rings. The first-order valence-corrected chi connectivity index (χ1v) is 6.79. The summed E-state index contributed by atoms with van der Waals surface area (Å²) in [6.45, 7) is 0. The number of halogens is 3. The van der Waals surface area contributed by atoms with Crippen LogP contribution in [0, 0.1) is 5.82 Å². The maximum atomic E-state index is 13.5. The van der Waals surface area contributed by atoms with Crippen molar-refractivity contribution in [1.82, 2.24) is 4.98 Å². The molecule has 0 saturated carbocycles. The summed E-state index contributed by atoms with van der Waals surface area (Å²) in [5.41, 5.74) is 6.69. The van der Waals surface area contributed by atoms with E-state index in [2.05, 4.69) is 4.98 Å². The quantitative estimate of drug-likeness (QED) is 0.519. The molecule has 0 fully saturated rings. The van der Waals surface area contributed by atoms with Crippen LogP contribution < -0.4 is 5.73 Å². The molecule has 0 unspecified atom stereocenters. The van der Waals surface area contributed by atoms with Crippen LogP contribution in [0.1, 0.15) is 5.56 Å². The zero-order valence-electron chi connectivity index (χ0n) is 9.16. The Morgan fingerprint density at radius 2 is 2.00 bits per heavy atom. The first-order chi connectivity index (χ1) is 8.56. The summed E-state index contributed by atoms with van der Waals surface area (Å²) < 4.78 is 13.5. The van der Waals surface area contributed by atoms with Gasteiger partial charge in [0.2, 0.25) is 0 Å². The Labute approximate surface area is 118 Å². The van der Waals surface area contributed by atoms with E-state index < -0.39 is 0 Å². The first-order valence-electron chi connectivity index (χ1n) is 5.05. The number of nitrogen functional groups attached to an aromatic ring is 1. The van der Waals surface area contributed by atoms with Crippen molar-refractivity contribution in [1.29, 1.82) is 0 Å². The summed E-state index contributed by atoms with van der Waals surface area (Å²) in [6, 6.07) is 8.03. The summed E-state index contributed by atoms with van der Waals surface area (Å²) in [7, 11) is 0. The fourth-order valence-electron chi connectivity index (χ4n) is 1.34. The van der Waals surface area contributed by atoms with Crippen molar-refractivity contribution in [2.24, 2.45) is 0 Å². The standard InChI is InChI=1S/C12H9Cl2FN2S/c13-11-4-1-7(12(14)17-11)6-18-10-3-2-8(16)5-9(10)15/h1-5H,6,16H2. The largest absolute Gasteiger partial charge is 0.399 e. The molecular weight excluding hydrogens is 294 g/mol. The molecule has 0 atom stereocenters. The van der Waals surface area contributed by atoms with Gasteiger partial charge in [-0.15, -0.1) is 11.8 Å². The van der Waals surface area contributed by atoms with Crippen LogP contribution in [0.15, 0.2) is 35.2 Å². The third kappa shape index (κ3) is 3.28. The van der Waals surface area contributed by atoms with Crippen molar-refractivity contribution in [3.8, 4) is 0 Å². The zero-order valence-corrected chi connectivity index (χ0v) is 11.5. The number of thioether (sulfide) groups is 1. The van der Waals surface area contributed by atoms with Gasteiger partial charge in [0.15, 0.2) is 0 Å². The molecule has 0 radical (unpaired) electrons. The van der Waals surface area contributed by atoms with Crippen molar-refractivity contribution in [2.75, 3.05) is 5.73 Å². The van der Waals surface area contributed by atoms with Crippen molar-refractivity contribution in [3.63, 3.8) is 0 Å². The molecule has 2 nitrogen and oxygen atoms in total. The molecule has 1 aromatic carbocycles. The first kappa shape index (κ1) is 13.5. The molecule has 18 heavy (non-hydrogen) atoms. The van der Waals surface area contributed by atoms with Crippen LogP contribution in [-0.2, 0) is 5.75 Å². The second-order valence-electron chi connectivity index (χ2n) is 3.56. The van der Waals surface area contributed by atoms with Crippen LogP contribution in [0.2, 0.25) is 10.3 Å². The lowest BCUT2D eigenvalue weighted by molar-refractivity contribution is 0.603. The number of nitrogens with zero attached hydrogens (tertiary/aromatic N) is 1. The van der Waals surface area contributed by atoms with E-state index >= 15 is 0 Å². The van der Waals surface area contributed by atoms with Crippen molar-refractivity contribution in [2.45, 2.75) is 10.6 Å². The van der Waals surface area contributed by atoms with Gasteiger partial charge in [0, 0.05) is 16.3 Å². The molecule has 0 amide bonds. The molecule has 0 spiro atoms. The molecule has 0 bridgehead atoms. The molecule has 94 valence electrons. The van der Waals surface area contributed by atoms with E-state index in [0.717, 1.165) is 5.56 Å². The highest BCUT2D eigenvalue weighted by molar-refractivity contribution is 7.98. The minimum absolute atomic E-state index is 0.335. The number of hydrogen-bond acceptors (Lipinski definition) is 3. The highest BCUT2D eigenvalue weighted by atomic mass is 35.5. The highest BCUT2D eigenvalue weighted by Crippen LogP contribution is 2.29. The Kier molecular flexibility index (Phi) is 4.32. The Morgan fingerprint density at radius 3 is 2.67 bits per heavy atom. The van der Waals surface area contributed by atoms with E-state index in [1.165, 1.54) is 17.8 Å². The van der Waals surface area contributed by atoms with E-state index in [1.807, 2.05) is 0 Å². The Hall–Kier alpha value is -0.970. The topological polar surface area (TPSA) is 38.9 Å².